The van der Waals surface area contributed by atoms with E-state index >= 15 is 0 Å². The summed E-state index contributed by atoms with van der Waals surface area (Å²) in [5.41, 5.74) is 0. The third kappa shape index (κ3) is 13.8. The van der Waals surface area contributed by atoms with Crippen molar-refractivity contribution in [2.75, 3.05) is 53.9 Å². The van der Waals surface area contributed by atoms with E-state index in [-0.39, 0.29) is 0 Å². The van der Waals surface area contributed by atoms with Gasteiger partial charge in [0.25, 0.3) is 0 Å². The van der Waals surface area contributed by atoms with Crippen LogP contribution in [0.2, 0.25) is 0 Å². The molecule has 0 aliphatic carbocycles. The predicted octanol–water partition coefficient (Wildman–Crippen LogP) is 2.04. The number of hydrogen-bond donors (Lipinski definition) is 1. The second kappa shape index (κ2) is 12.3. The highest BCUT2D eigenvalue weighted by Crippen LogP contribution is 2.00. The van der Waals surface area contributed by atoms with Gasteiger partial charge in [-0.25, -0.2) is 0 Å². The van der Waals surface area contributed by atoms with Gasteiger partial charge in [0.2, 0.25) is 0 Å². The molecule has 0 saturated carbocycles. The Balaban J connectivity index is 3.11. The molecule has 0 fully saturated rings. The highest BCUT2D eigenvalue weighted by molar-refractivity contribution is 4.55. The fourth-order valence-corrected chi connectivity index (χ4v) is 1.77. The van der Waals surface area contributed by atoms with Gasteiger partial charge in [-0.15, -0.1) is 0 Å². The first-order valence-corrected chi connectivity index (χ1v) is 7.20. The highest BCUT2D eigenvalue weighted by atomic mass is 15.1. The summed E-state index contributed by atoms with van der Waals surface area (Å²) in [6.45, 7) is 8.19. The second-order valence-electron chi connectivity index (χ2n) is 5.27. The van der Waals surface area contributed by atoms with E-state index < -0.39 is 0 Å². The van der Waals surface area contributed by atoms with E-state index in [2.05, 4.69) is 43.2 Å². The summed E-state index contributed by atoms with van der Waals surface area (Å²) < 4.78 is 0. The molecule has 0 aromatic heterocycles. The topological polar surface area (TPSA) is 18.5 Å². The van der Waals surface area contributed by atoms with E-state index in [9.17, 15) is 0 Å². The molecule has 0 aliphatic rings. The molecule has 0 atom stereocenters. The number of rotatable bonds is 12. The van der Waals surface area contributed by atoms with Crippen molar-refractivity contribution < 1.29 is 0 Å². The Labute approximate surface area is 109 Å². The molecule has 3 heteroatoms. The van der Waals surface area contributed by atoms with Gasteiger partial charge in [0.05, 0.1) is 0 Å². The first-order chi connectivity index (χ1) is 8.16. The Morgan fingerprint density at radius 3 is 2.12 bits per heavy atom. The number of nitrogens with zero attached hydrogens (tertiary/aromatic N) is 2. The van der Waals surface area contributed by atoms with Crippen LogP contribution in [-0.2, 0) is 0 Å². The van der Waals surface area contributed by atoms with E-state index in [0.29, 0.717) is 0 Å². The Kier molecular flexibility index (Phi) is 12.3. The molecule has 0 amide bonds. The van der Waals surface area contributed by atoms with Gasteiger partial charge in [-0.2, -0.15) is 0 Å². The molecule has 17 heavy (non-hydrogen) atoms. The Hall–Kier alpha value is -0.120. The first kappa shape index (κ1) is 16.9. The largest absolute Gasteiger partial charge is 0.317 e. The molecular formula is C14H33N3. The lowest BCUT2D eigenvalue weighted by atomic mass is 10.2. The lowest BCUT2D eigenvalue weighted by Crippen LogP contribution is -2.29. The van der Waals surface area contributed by atoms with Gasteiger partial charge in [-0.05, 0) is 60.0 Å². The molecule has 0 bridgehead atoms. The van der Waals surface area contributed by atoms with Gasteiger partial charge >= 0.3 is 0 Å². The minimum absolute atomic E-state index is 1.16. The summed E-state index contributed by atoms with van der Waals surface area (Å²) in [5.74, 6) is 0. The number of nitrogens with one attached hydrogen (secondary N) is 1. The van der Waals surface area contributed by atoms with Crippen LogP contribution in [0.1, 0.15) is 39.0 Å². The molecular weight excluding hydrogens is 210 g/mol. The summed E-state index contributed by atoms with van der Waals surface area (Å²) in [5, 5.41) is 3.45. The van der Waals surface area contributed by atoms with Crippen LogP contribution in [0.25, 0.3) is 0 Å². The van der Waals surface area contributed by atoms with Crippen LogP contribution in [0.5, 0.6) is 0 Å². The molecule has 104 valence electrons. The summed E-state index contributed by atoms with van der Waals surface area (Å²) >= 11 is 0. The Bertz CT molecular complexity index is 148. The maximum absolute atomic E-state index is 3.45. The van der Waals surface area contributed by atoms with Crippen molar-refractivity contribution in [3.05, 3.63) is 0 Å². The van der Waals surface area contributed by atoms with Crippen molar-refractivity contribution in [3.63, 3.8) is 0 Å². The van der Waals surface area contributed by atoms with Gasteiger partial charge in [0.1, 0.15) is 0 Å². The van der Waals surface area contributed by atoms with Crippen molar-refractivity contribution in [3.8, 4) is 0 Å². The van der Waals surface area contributed by atoms with Crippen molar-refractivity contribution in [2.24, 2.45) is 0 Å². The smallest absolute Gasteiger partial charge is 0.0106 e. The number of likely N-dealkylation sites (N-methyl/N-ethyl adjacent to an activating group) is 2. The molecule has 1 N–H and O–H groups in total. The average molecular weight is 243 g/mol. The van der Waals surface area contributed by atoms with Crippen molar-refractivity contribution in [1.29, 1.82) is 0 Å². The third-order valence-electron chi connectivity index (χ3n) is 3.00. The monoisotopic (exact) mass is 243 g/mol. The fourth-order valence-electron chi connectivity index (χ4n) is 1.77. The summed E-state index contributed by atoms with van der Waals surface area (Å²) in [4.78, 5) is 4.69. The van der Waals surface area contributed by atoms with Crippen LogP contribution in [0.15, 0.2) is 0 Å². The van der Waals surface area contributed by atoms with Crippen molar-refractivity contribution in [2.45, 2.75) is 39.0 Å². The van der Waals surface area contributed by atoms with Crippen molar-refractivity contribution >= 4 is 0 Å². The SMILES string of the molecule is CCCNCCCCCCN(C)CCN(C)C. The van der Waals surface area contributed by atoms with Crippen molar-refractivity contribution in [1.82, 2.24) is 15.1 Å². The van der Waals surface area contributed by atoms with Crippen LogP contribution >= 0.6 is 0 Å². The third-order valence-corrected chi connectivity index (χ3v) is 3.00. The maximum Gasteiger partial charge on any atom is 0.0106 e. The van der Waals surface area contributed by atoms with Crippen LogP contribution < -0.4 is 5.32 Å². The van der Waals surface area contributed by atoms with E-state index in [1.165, 1.54) is 58.3 Å². The van der Waals surface area contributed by atoms with Crippen LogP contribution in [0.4, 0.5) is 0 Å². The van der Waals surface area contributed by atoms with Crippen LogP contribution in [0, 0.1) is 0 Å². The molecule has 0 aromatic carbocycles. The number of hydrogen-bond acceptors (Lipinski definition) is 3. The molecule has 0 saturated heterocycles. The summed E-state index contributed by atoms with van der Waals surface area (Å²) in [6, 6.07) is 0. The molecule has 0 aliphatic heterocycles. The molecule has 0 rings (SSSR count). The minimum Gasteiger partial charge on any atom is -0.317 e. The van der Waals surface area contributed by atoms with Gasteiger partial charge in [0.15, 0.2) is 0 Å². The van der Waals surface area contributed by atoms with E-state index in [4.69, 9.17) is 0 Å². The van der Waals surface area contributed by atoms with E-state index in [0.717, 1.165) is 6.54 Å². The molecule has 0 spiro atoms. The van der Waals surface area contributed by atoms with Gasteiger partial charge < -0.3 is 15.1 Å². The fraction of sp³-hybridized carbons (Fsp3) is 1.00. The zero-order valence-electron chi connectivity index (χ0n) is 12.5. The molecule has 0 heterocycles. The quantitative estimate of drug-likeness (QED) is 0.529. The normalized spacial score (nSPS) is 11.6. The standard InChI is InChI=1S/C14H33N3/c1-5-10-15-11-8-6-7-9-12-17(4)14-13-16(2)3/h15H,5-14H2,1-4H3. The predicted molar refractivity (Wildman–Crippen MR) is 77.7 cm³/mol. The van der Waals surface area contributed by atoms with E-state index in [1.807, 2.05) is 0 Å². The molecule has 0 radical (unpaired) electrons. The van der Waals surface area contributed by atoms with Gasteiger partial charge in [0, 0.05) is 13.1 Å². The highest BCUT2D eigenvalue weighted by Gasteiger charge is 1.98. The Morgan fingerprint density at radius 2 is 1.47 bits per heavy atom. The van der Waals surface area contributed by atoms with Crippen LogP contribution in [-0.4, -0.2) is 63.7 Å². The minimum atomic E-state index is 1.16. The lowest BCUT2D eigenvalue weighted by molar-refractivity contribution is 0.277. The molecule has 0 aromatic rings. The lowest BCUT2D eigenvalue weighted by Gasteiger charge is -2.19. The Morgan fingerprint density at radius 1 is 0.765 bits per heavy atom. The zero-order chi connectivity index (χ0) is 12.9. The zero-order valence-corrected chi connectivity index (χ0v) is 12.5. The second-order valence-corrected chi connectivity index (χ2v) is 5.27. The van der Waals surface area contributed by atoms with Crippen LogP contribution in [0.3, 0.4) is 0 Å². The summed E-state index contributed by atoms with van der Waals surface area (Å²) in [7, 11) is 6.50. The first-order valence-electron chi connectivity index (χ1n) is 7.20. The number of unbranched alkanes of at least 4 members (excludes halogenated alkanes) is 3. The maximum atomic E-state index is 3.45. The molecule has 0 unspecified atom stereocenters. The molecule has 3 nitrogen and oxygen atoms in total. The van der Waals surface area contributed by atoms with Gasteiger partial charge in [-0.1, -0.05) is 19.8 Å². The van der Waals surface area contributed by atoms with E-state index in [1.54, 1.807) is 0 Å². The summed E-state index contributed by atoms with van der Waals surface area (Å²) in [6.07, 6.45) is 6.67. The van der Waals surface area contributed by atoms with Gasteiger partial charge in [-0.3, -0.25) is 0 Å². The average Bonchev–Trinajstić information content (AvgIpc) is 2.30.